The fourth-order valence-corrected chi connectivity index (χ4v) is 3.94. The molecule has 0 radical (unpaired) electrons. The van der Waals surface area contributed by atoms with Crippen molar-refractivity contribution in [3.63, 3.8) is 0 Å². The van der Waals surface area contributed by atoms with Crippen LogP contribution in [0.3, 0.4) is 0 Å². The number of ether oxygens (including phenoxy) is 2. The monoisotopic (exact) mass is 437 g/mol. The number of amides is 2. The number of carbonyl (C=O) groups is 2. The van der Waals surface area contributed by atoms with Crippen molar-refractivity contribution in [1.82, 2.24) is 0 Å². The Hall–Kier alpha value is -1.96. The summed E-state index contributed by atoms with van der Waals surface area (Å²) >= 11 is 10.3. The van der Waals surface area contributed by atoms with E-state index in [4.69, 9.17) is 21.1 Å². The Morgan fingerprint density at radius 1 is 1.16 bits per heavy atom. The lowest BCUT2D eigenvalue weighted by Gasteiger charge is -2.12. The summed E-state index contributed by atoms with van der Waals surface area (Å²) in [4.78, 5) is 26.4. The third kappa shape index (κ3) is 3.03. The largest absolute Gasteiger partial charge is 0.454 e. The number of benzene rings is 2. The zero-order valence-electron chi connectivity index (χ0n) is 12.5. The first-order valence-corrected chi connectivity index (χ1v) is 9.14. The molecule has 0 unspecified atom stereocenters. The summed E-state index contributed by atoms with van der Waals surface area (Å²) in [5, 5.41) is 0.0921. The van der Waals surface area contributed by atoms with Crippen LogP contribution in [0, 0.1) is 0 Å². The molecule has 2 aromatic rings. The minimum absolute atomic E-state index is 0.163. The van der Waals surface area contributed by atoms with E-state index in [0.29, 0.717) is 27.1 Å². The first-order chi connectivity index (χ1) is 12.0. The second-order valence-electron chi connectivity index (χ2n) is 5.22. The highest BCUT2D eigenvalue weighted by atomic mass is 79.9. The molecular formula is C17H9BrClNO4S. The number of imide groups is 1. The van der Waals surface area contributed by atoms with Gasteiger partial charge in [0.1, 0.15) is 0 Å². The zero-order chi connectivity index (χ0) is 17.6. The highest BCUT2D eigenvalue weighted by Gasteiger charge is 2.36. The van der Waals surface area contributed by atoms with Crippen LogP contribution in [-0.2, 0) is 4.79 Å². The lowest BCUT2D eigenvalue weighted by molar-refractivity contribution is -0.113. The molecule has 5 nitrogen and oxygen atoms in total. The molecule has 2 aromatic carbocycles. The van der Waals surface area contributed by atoms with E-state index in [-0.39, 0.29) is 17.9 Å². The van der Waals surface area contributed by atoms with Crippen molar-refractivity contribution in [3.8, 4) is 11.5 Å². The summed E-state index contributed by atoms with van der Waals surface area (Å²) in [5.74, 6) is 0.849. The van der Waals surface area contributed by atoms with E-state index in [1.807, 2.05) is 0 Å². The maximum absolute atomic E-state index is 12.7. The van der Waals surface area contributed by atoms with Crippen LogP contribution in [0.4, 0.5) is 10.5 Å². The Labute approximate surface area is 160 Å². The highest BCUT2D eigenvalue weighted by Crippen LogP contribution is 2.41. The number of hydrogen-bond donors (Lipinski definition) is 0. The Bertz CT molecular complexity index is 946. The van der Waals surface area contributed by atoms with E-state index in [9.17, 15) is 9.59 Å². The molecule has 4 rings (SSSR count). The minimum atomic E-state index is -0.387. The molecule has 8 heteroatoms. The maximum atomic E-state index is 12.7. The molecular weight excluding hydrogens is 430 g/mol. The van der Waals surface area contributed by atoms with Crippen molar-refractivity contribution in [1.29, 1.82) is 0 Å². The van der Waals surface area contributed by atoms with E-state index >= 15 is 0 Å². The summed E-state index contributed by atoms with van der Waals surface area (Å²) < 4.78 is 11.4. The predicted molar refractivity (Wildman–Crippen MR) is 100 cm³/mol. The van der Waals surface area contributed by atoms with Crippen molar-refractivity contribution in [2.24, 2.45) is 0 Å². The van der Waals surface area contributed by atoms with Gasteiger partial charge in [-0.2, -0.15) is 0 Å². The summed E-state index contributed by atoms with van der Waals surface area (Å²) in [7, 11) is 0. The molecule has 2 heterocycles. The van der Waals surface area contributed by atoms with Crippen LogP contribution in [0.15, 0.2) is 45.8 Å². The van der Waals surface area contributed by atoms with Gasteiger partial charge >= 0.3 is 0 Å². The van der Waals surface area contributed by atoms with Gasteiger partial charge in [0.15, 0.2) is 11.5 Å². The third-order valence-electron chi connectivity index (χ3n) is 3.64. The van der Waals surface area contributed by atoms with Crippen molar-refractivity contribution in [3.05, 3.63) is 56.4 Å². The number of nitrogens with zero attached hydrogens (tertiary/aromatic N) is 1. The molecule has 1 saturated heterocycles. The first kappa shape index (κ1) is 16.5. The fourth-order valence-electron chi connectivity index (χ4n) is 2.49. The van der Waals surface area contributed by atoms with Gasteiger partial charge in [0.25, 0.3) is 11.1 Å². The Kier molecular flexibility index (Phi) is 4.23. The van der Waals surface area contributed by atoms with E-state index in [1.165, 1.54) is 0 Å². The van der Waals surface area contributed by atoms with Gasteiger partial charge in [0.2, 0.25) is 6.79 Å². The van der Waals surface area contributed by atoms with Crippen LogP contribution < -0.4 is 14.4 Å². The van der Waals surface area contributed by atoms with Gasteiger partial charge in [-0.15, -0.1) is 0 Å². The van der Waals surface area contributed by atoms with Gasteiger partial charge in [-0.05, 0) is 53.7 Å². The smallest absolute Gasteiger partial charge is 0.298 e. The van der Waals surface area contributed by atoms with E-state index in [0.717, 1.165) is 26.7 Å². The number of anilines is 1. The van der Waals surface area contributed by atoms with Crippen LogP contribution in [-0.4, -0.2) is 17.9 Å². The maximum Gasteiger partial charge on any atom is 0.298 e. The second-order valence-corrected chi connectivity index (χ2v) is 7.51. The molecule has 25 heavy (non-hydrogen) atoms. The predicted octanol–water partition coefficient (Wildman–Crippen LogP) is 5.07. The number of hydrogen-bond acceptors (Lipinski definition) is 5. The second kappa shape index (κ2) is 6.40. The van der Waals surface area contributed by atoms with Crippen LogP contribution in [0.2, 0.25) is 5.02 Å². The Balaban J connectivity index is 1.69. The summed E-state index contributed by atoms with van der Waals surface area (Å²) in [6.07, 6.45) is 1.65. The topological polar surface area (TPSA) is 55.8 Å². The standard InChI is InChI=1S/C17H9BrClNO4S/c18-12-7-14-13(23-8-24-14)4-9(12)5-15-16(21)20(17(22)25-15)11-3-1-2-10(19)6-11/h1-7H,8H2/b15-5+. The molecule has 0 N–H and O–H groups in total. The van der Waals surface area contributed by atoms with Gasteiger partial charge in [-0.3, -0.25) is 9.59 Å². The van der Waals surface area contributed by atoms with Crippen LogP contribution in [0.25, 0.3) is 6.08 Å². The Morgan fingerprint density at radius 3 is 2.68 bits per heavy atom. The molecule has 126 valence electrons. The number of carbonyl (C=O) groups excluding carboxylic acids is 2. The fraction of sp³-hybridized carbons (Fsp3) is 0.0588. The minimum Gasteiger partial charge on any atom is -0.454 e. The molecule has 0 spiro atoms. The number of rotatable bonds is 2. The number of halogens is 2. The molecule has 2 amide bonds. The van der Waals surface area contributed by atoms with Gasteiger partial charge < -0.3 is 9.47 Å². The molecule has 0 bridgehead atoms. The molecule has 0 aliphatic carbocycles. The SMILES string of the molecule is O=C1S/C(=C/c2cc3c(cc2Br)OCO3)C(=O)N1c1cccc(Cl)c1. The van der Waals surface area contributed by atoms with Crippen LogP contribution in [0.5, 0.6) is 11.5 Å². The van der Waals surface area contributed by atoms with E-state index in [2.05, 4.69) is 15.9 Å². The highest BCUT2D eigenvalue weighted by molar-refractivity contribution is 9.10. The van der Waals surface area contributed by atoms with Crippen LogP contribution >= 0.6 is 39.3 Å². The summed E-state index contributed by atoms with van der Waals surface area (Å²) in [5.41, 5.74) is 1.17. The average molecular weight is 439 g/mol. The van der Waals surface area contributed by atoms with Crippen molar-refractivity contribution < 1.29 is 19.1 Å². The van der Waals surface area contributed by atoms with Crippen molar-refractivity contribution in [2.75, 3.05) is 11.7 Å². The lowest BCUT2D eigenvalue weighted by atomic mass is 10.2. The van der Waals surface area contributed by atoms with Gasteiger partial charge in [0, 0.05) is 9.50 Å². The van der Waals surface area contributed by atoms with E-state index < -0.39 is 0 Å². The Morgan fingerprint density at radius 2 is 1.92 bits per heavy atom. The quantitative estimate of drug-likeness (QED) is 0.613. The molecule has 0 saturated carbocycles. The van der Waals surface area contributed by atoms with Crippen molar-refractivity contribution in [2.45, 2.75) is 0 Å². The van der Waals surface area contributed by atoms with Crippen molar-refractivity contribution >= 4 is 62.2 Å². The molecule has 2 aliphatic rings. The van der Waals surface area contributed by atoms with E-state index in [1.54, 1.807) is 42.5 Å². The number of thioether (sulfide) groups is 1. The lowest BCUT2D eigenvalue weighted by Crippen LogP contribution is -2.27. The molecule has 1 fully saturated rings. The average Bonchev–Trinajstić information content (AvgIpc) is 3.12. The summed E-state index contributed by atoms with van der Waals surface area (Å²) in [6.45, 7) is 0.163. The van der Waals surface area contributed by atoms with Gasteiger partial charge in [-0.1, -0.05) is 33.6 Å². The molecule has 2 aliphatic heterocycles. The molecule has 0 atom stereocenters. The third-order valence-corrected chi connectivity index (χ3v) is 5.43. The number of fused-ring (bicyclic) bond motifs is 1. The van der Waals surface area contributed by atoms with Gasteiger partial charge in [-0.25, -0.2) is 4.90 Å². The molecule has 0 aromatic heterocycles. The van der Waals surface area contributed by atoms with Crippen LogP contribution in [0.1, 0.15) is 5.56 Å². The zero-order valence-corrected chi connectivity index (χ0v) is 15.7. The van der Waals surface area contributed by atoms with Gasteiger partial charge in [0.05, 0.1) is 10.6 Å². The summed E-state index contributed by atoms with van der Waals surface area (Å²) in [6, 6.07) is 10.2. The normalized spacial score (nSPS) is 17.7. The first-order valence-electron chi connectivity index (χ1n) is 7.15.